The van der Waals surface area contributed by atoms with Gasteiger partial charge >= 0.3 is 0 Å². The lowest BCUT2D eigenvalue weighted by molar-refractivity contribution is -0.125. The number of rotatable bonds is 3. The van der Waals surface area contributed by atoms with E-state index in [2.05, 4.69) is 31.4 Å². The van der Waals surface area contributed by atoms with Gasteiger partial charge in [0.15, 0.2) is 0 Å². The van der Waals surface area contributed by atoms with E-state index in [9.17, 15) is 4.79 Å². The van der Waals surface area contributed by atoms with Crippen LogP contribution in [0.25, 0.3) is 0 Å². The van der Waals surface area contributed by atoms with Crippen LogP contribution >= 0.6 is 12.4 Å². The molecule has 2 N–H and O–H groups in total. The van der Waals surface area contributed by atoms with E-state index in [1.165, 1.54) is 0 Å². The van der Waals surface area contributed by atoms with E-state index in [1.54, 1.807) is 0 Å². The van der Waals surface area contributed by atoms with Gasteiger partial charge in [0.1, 0.15) is 0 Å². The summed E-state index contributed by atoms with van der Waals surface area (Å²) in [6.45, 7) is 9.30. The van der Waals surface area contributed by atoms with Crippen molar-refractivity contribution in [2.45, 2.75) is 40.0 Å². The van der Waals surface area contributed by atoms with E-state index in [0.29, 0.717) is 5.41 Å². The lowest BCUT2D eigenvalue weighted by atomic mass is 9.92. The zero-order valence-electron chi connectivity index (χ0n) is 10.6. The van der Waals surface area contributed by atoms with Gasteiger partial charge < -0.3 is 10.6 Å². The number of piperidine rings is 1. The number of carbonyl (C=O) groups excluding carboxylic acids is 1. The SMILES string of the molecule is CC(C)(C)CCNC(=O)[C@@H]1CCCNC1.Cl. The fraction of sp³-hybridized carbons (Fsp3) is 0.917. The molecule has 1 amide bonds. The maximum atomic E-state index is 11.7. The Bertz CT molecular complexity index is 208. The predicted octanol–water partition coefficient (Wildman–Crippen LogP) is 1.96. The van der Waals surface area contributed by atoms with Crippen molar-refractivity contribution in [3.8, 4) is 0 Å². The van der Waals surface area contributed by atoms with Crippen LogP contribution in [0.1, 0.15) is 40.0 Å². The molecule has 3 nitrogen and oxygen atoms in total. The van der Waals surface area contributed by atoms with E-state index in [-0.39, 0.29) is 24.2 Å². The van der Waals surface area contributed by atoms with Crippen molar-refractivity contribution < 1.29 is 4.79 Å². The van der Waals surface area contributed by atoms with Crippen LogP contribution in [0.4, 0.5) is 0 Å². The van der Waals surface area contributed by atoms with E-state index in [0.717, 1.165) is 38.9 Å². The Hall–Kier alpha value is -0.280. The first kappa shape index (κ1) is 15.7. The largest absolute Gasteiger partial charge is 0.356 e. The van der Waals surface area contributed by atoms with Gasteiger partial charge in [0.25, 0.3) is 0 Å². The minimum absolute atomic E-state index is 0. The topological polar surface area (TPSA) is 41.1 Å². The Morgan fingerprint density at radius 1 is 1.44 bits per heavy atom. The molecule has 0 aromatic heterocycles. The van der Waals surface area contributed by atoms with Crippen molar-refractivity contribution >= 4 is 18.3 Å². The molecule has 0 aromatic rings. The lowest BCUT2D eigenvalue weighted by Gasteiger charge is -2.23. The monoisotopic (exact) mass is 248 g/mol. The molecule has 1 aliphatic rings. The highest BCUT2D eigenvalue weighted by Gasteiger charge is 2.20. The number of carbonyl (C=O) groups is 1. The highest BCUT2D eigenvalue weighted by atomic mass is 35.5. The van der Waals surface area contributed by atoms with E-state index >= 15 is 0 Å². The fourth-order valence-electron chi connectivity index (χ4n) is 1.78. The number of hydrogen-bond acceptors (Lipinski definition) is 2. The van der Waals surface area contributed by atoms with Crippen LogP contribution in [-0.4, -0.2) is 25.5 Å². The number of halogens is 1. The second-order valence-electron chi connectivity index (χ2n) is 5.64. The van der Waals surface area contributed by atoms with Crippen LogP contribution in [0.5, 0.6) is 0 Å². The minimum Gasteiger partial charge on any atom is -0.356 e. The highest BCUT2D eigenvalue weighted by molar-refractivity contribution is 5.85. The molecule has 4 heteroatoms. The number of hydrogen-bond donors (Lipinski definition) is 2. The summed E-state index contributed by atoms with van der Waals surface area (Å²) in [7, 11) is 0. The van der Waals surface area contributed by atoms with Crippen LogP contribution in [-0.2, 0) is 4.79 Å². The smallest absolute Gasteiger partial charge is 0.224 e. The van der Waals surface area contributed by atoms with Crippen LogP contribution < -0.4 is 10.6 Å². The maximum absolute atomic E-state index is 11.7. The Morgan fingerprint density at radius 2 is 2.12 bits per heavy atom. The van der Waals surface area contributed by atoms with Gasteiger partial charge in [-0.1, -0.05) is 20.8 Å². The van der Waals surface area contributed by atoms with Crippen molar-refractivity contribution in [1.82, 2.24) is 10.6 Å². The van der Waals surface area contributed by atoms with Gasteiger partial charge in [0.05, 0.1) is 5.92 Å². The predicted molar refractivity (Wildman–Crippen MR) is 69.9 cm³/mol. The second kappa shape index (κ2) is 7.13. The van der Waals surface area contributed by atoms with Crippen LogP contribution in [0.2, 0.25) is 0 Å². The molecule has 1 fully saturated rings. The maximum Gasteiger partial charge on any atom is 0.224 e. The molecular weight excluding hydrogens is 224 g/mol. The Kier molecular flexibility index (Phi) is 7.00. The van der Waals surface area contributed by atoms with Crippen LogP contribution in [0.3, 0.4) is 0 Å². The third-order valence-corrected chi connectivity index (χ3v) is 2.84. The average Bonchev–Trinajstić information content (AvgIpc) is 2.17. The third kappa shape index (κ3) is 6.33. The first-order valence-electron chi connectivity index (χ1n) is 5.97. The highest BCUT2D eigenvalue weighted by Crippen LogP contribution is 2.17. The fourth-order valence-corrected chi connectivity index (χ4v) is 1.78. The van der Waals surface area contributed by atoms with Crippen molar-refractivity contribution in [2.24, 2.45) is 11.3 Å². The summed E-state index contributed by atoms with van der Waals surface area (Å²) in [6.07, 6.45) is 3.20. The van der Waals surface area contributed by atoms with E-state index < -0.39 is 0 Å². The molecule has 0 radical (unpaired) electrons. The number of nitrogens with one attached hydrogen (secondary N) is 2. The van der Waals surface area contributed by atoms with Gasteiger partial charge in [-0.15, -0.1) is 12.4 Å². The summed E-state index contributed by atoms with van der Waals surface area (Å²) >= 11 is 0. The molecule has 0 spiro atoms. The van der Waals surface area contributed by atoms with Gasteiger partial charge in [-0.3, -0.25) is 4.79 Å². The van der Waals surface area contributed by atoms with Crippen molar-refractivity contribution in [2.75, 3.05) is 19.6 Å². The van der Waals surface area contributed by atoms with E-state index in [4.69, 9.17) is 0 Å². The molecule has 1 aliphatic heterocycles. The quantitative estimate of drug-likeness (QED) is 0.802. The van der Waals surface area contributed by atoms with Crippen molar-refractivity contribution in [3.05, 3.63) is 0 Å². The summed E-state index contributed by atoms with van der Waals surface area (Å²) in [5, 5.41) is 6.29. The molecule has 96 valence electrons. The third-order valence-electron chi connectivity index (χ3n) is 2.84. The standard InChI is InChI=1S/C12H24N2O.ClH/c1-12(2,3)6-8-14-11(15)10-5-4-7-13-9-10;/h10,13H,4-9H2,1-3H3,(H,14,15);1H/t10-;/m1./s1. The molecular formula is C12H25ClN2O. The van der Waals surface area contributed by atoms with Crippen molar-refractivity contribution in [1.29, 1.82) is 0 Å². The Morgan fingerprint density at radius 3 is 2.62 bits per heavy atom. The number of amides is 1. The first-order valence-corrected chi connectivity index (χ1v) is 5.97. The summed E-state index contributed by atoms with van der Waals surface area (Å²) in [6, 6.07) is 0. The Labute approximate surface area is 105 Å². The first-order chi connectivity index (χ1) is 6.99. The van der Waals surface area contributed by atoms with Crippen LogP contribution in [0.15, 0.2) is 0 Å². The molecule has 1 saturated heterocycles. The van der Waals surface area contributed by atoms with Gasteiger partial charge in [-0.25, -0.2) is 0 Å². The molecule has 0 saturated carbocycles. The second-order valence-corrected chi connectivity index (χ2v) is 5.64. The van der Waals surface area contributed by atoms with E-state index in [1.807, 2.05) is 0 Å². The summed E-state index contributed by atoms with van der Waals surface area (Å²) in [5.74, 6) is 0.421. The van der Waals surface area contributed by atoms with Gasteiger partial charge in [-0.05, 0) is 31.2 Å². The lowest BCUT2D eigenvalue weighted by Crippen LogP contribution is -2.41. The average molecular weight is 249 g/mol. The van der Waals surface area contributed by atoms with Gasteiger partial charge in [0, 0.05) is 13.1 Å². The van der Waals surface area contributed by atoms with Crippen LogP contribution in [0, 0.1) is 11.3 Å². The molecule has 0 aromatic carbocycles. The molecule has 1 rings (SSSR count). The molecule has 0 unspecified atom stereocenters. The zero-order valence-corrected chi connectivity index (χ0v) is 11.5. The summed E-state index contributed by atoms with van der Waals surface area (Å²) in [5.41, 5.74) is 0.304. The van der Waals surface area contributed by atoms with Gasteiger partial charge in [-0.2, -0.15) is 0 Å². The minimum atomic E-state index is 0. The summed E-state index contributed by atoms with van der Waals surface area (Å²) in [4.78, 5) is 11.7. The molecule has 0 bridgehead atoms. The summed E-state index contributed by atoms with van der Waals surface area (Å²) < 4.78 is 0. The molecule has 1 atom stereocenters. The molecule has 0 aliphatic carbocycles. The Balaban J connectivity index is 0.00000225. The van der Waals surface area contributed by atoms with Crippen molar-refractivity contribution in [3.63, 3.8) is 0 Å². The van der Waals surface area contributed by atoms with Gasteiger partial charge in [0.2, 0.25) is 5.91 Å². The molecule has 16 heavy (non-hydrogen) atoms. The molecule has 1 heterocycles. The zero-order chi connectivity index (χ0) is 11.3. The normalized spacial score (nSPS) is 21.1.